The van der Waals surface area contributed by atoms with Gasteiger partial charge in [-0.05, 0) is 43.0 Å². The summed E-state index contributed by atoms with van der Waals surface area (Å²) in [7, 11) is 1.88. The lowest BCUT2D eigenvalue weighted by Crippen LogP contribution is -2.09. The molecule has 1 aromatic carbocycles. The van der Waals surface area contributed by atoms with Crippen LogP contribution in [0.25, 0.3) is 11.3 Å². The topological polar surface area (TPSA) is 69.0 Å². The number of ether oxygens (including phenoxy) is 1. The first-order chi connectivity index (χ1) is 14.0. The van der Waals surface area contributed by atoms with Gasteiger partial charge in [-0.25, -0.2) is 4.98 Å². The monoisotopic (exact) mass is 424 g/mol. The van der Waals surface area contributed by atoms with Gasteiger partial charge in [0, 0.05) is 29.8 Å². The Hall–Kier alpha value is -2.97. The highest BCUT2D eigenvalue weighted by molar-refractivity contribution is 7.14. The molecule has 0 unspecified atom stereocenters. The molecular weight excluding hydrogens is 404 g/mol. The van der Waals surface area contributed by atoms with Crippen molar-refractivity contribution in [3.05, 3.63) is 69.0 Å². The van der Waals surface area contributed by atoms with Crippen molar-refractivity contribution in [2.75, 3.05) is 5.32 Å². The Morgan fingerprint density at radius 3 is 2.83 bits per heavy atom. The Morgan fingerprint density at radius 1 is 1.21 bits per heavy atom. The number of aromatic nitrogens is 3. The molecule has 3 aromatic heterocycles. The smallest absolute Gasteiger partial charge is 0.267 e. The summed E-state index contributed by atoms with van der Waals surface area (Å²) in [4.78, 5) is 17.7. The molecule has 29 heavy (non-hydrogen) atoms. The van der Waals surface area contributed by atoms with Gasteiger partial charge in [0.05, 0.1) is 16.3 Å². The second-order valence-electron chi connectivity index (χ2n) is 6.72. The van der Waals surface area contributed by atoms with Crippen LogP contribution in [0.15, 0.2) is 47.3 Å². The Bertz CT molecular complexity index is 1160. The molecule has 0 spiro atoms. The SMILES string of the molecule is Cc1cccc(OCc2csc(C(=O)Nc3nc(-c4cn(C)nc4C)cs3)c2)c1. The number of carbonyl (C=O) groups excluding carboxylic acids is 1. The van der Waals surface area contributed by atoms with Gasteiger partial charge in [-0.3, -0.25) is 14.8 Å². The van der Waals surface area contributed by atoms with Crippen molar-refractivity contribution < 1.29 is 9.53 Å². The number of thiazole rings is 1. The molecule has 8 heteroatoms. The van der Waals surface area contributed by atoms with Crippen LogP contribution in [0.2, 0.25) is 0 Å². The molecule has 0 saturated carbocycles. The molecule has 0 bridgehead atoms. The lowest BCUT2D eigenvalue weighted by atomic mass is 10.2. The van der Waals surface area contributed by atoms with E-state index in [2.05, 4.69) is 15.4 Å². The molecule has 4 rings (SSSR count). The van der Waals surface area contributed by atoms with Gasteiger partial charge in [0.2, 0.25) is 0 Å². The maximum absolute atomic E-state index is 12.6. The lowest BCUT2D eigenvalue weighted by molar-refractivity contribution is 0.103. The van der Waals surface area contributed by atoms with Crippen molar-refractivity contribution >= 4 is 33.7 Å². The van der Waals surface area contributed by atoms with E-state index in [0.29, 0.717) is 16.6 Å². The number of thiophene rings is 1. The number of anilines is 1. The van der Waals surface area contributed by atoms with Gasteiger partial charge in [0.15, 0.2) is 5.13 Å². The zero-order chi connectivity index (χ0) is 20.4. The fourth-order valence-corrected chi connectivity index (χ4v) is 4.40. The highest BCUT2D eigenvalue weighted by Gasteiger charge is 2.14. The third-order valence-electron chi connectivity index (χ3n) is 4.29. The van der Waals surface area contributed by atoms with Crippen LogP contribution in [0.3, 0.4) is 0 Å². The summed E-state index contributed by atoms with van der Waals surface area (Å²) in [5.74, 6) is 0.656. The predicted molar refractivity (Wildman–Crippen MR) is 117 cm³/mol. The third kappa shape index (κ3) is 4.55. The summed E-state index contributed by atoms with van der Waals surface area (Å²) in [6.45, 7) is 4.40. The van der Waals surface area contributed by atoms with Crippen molar-refractivity contribution in [1.29, 1.82) is 0 Å². The number of aryl methyl sites for hydroxylation is 3. The third-order valence-corrected chi connectivity index (χ3v) is 6.02. The number of hydrogen-bond acceptors (Lipinski definition) is 6. The second-order valence-corrected chi connectivity index (χ2v) is 8.49. The molecule has 0 aliphatic heterocycles. The van der Waals surface area contributed by atoms with E-state index >= 15 is 0 Å². The standard InChI is InChI=1S/C21H20N4O2S2/c1-13-5-4-6-16(7-13)27-10-15-8-19(28-11-15)20(26)23-21-22-18(12-29-21)17-9-25(3)24-14(17)2/h4-9,11-12H,10H2,1-3H3,(H,22,23,26). The predicted octanol–water partition coefficient (Wildman–Crippen LogP) is 5.05. The first-order valence-electron chi connectivity index (χ1n) is 9.02. The molecule has 4 aromatic rings. The maximum Gasteiger partial charge on any atom is 0.267 e. The Labute approximate surface area is 176 Å². The summed E-state index contributed by atoms with van der Waals surface area (Å²) >= 11 is 2.80. The average Bonchev–Trinajstić information content (AvgIpc) is 3.40. The van der Waals surface area contributed by atoms with Crippen LogP contribution in [0.5, 0.6) is 5.75 Å². The minimum atomic E-state index is -0.166. The molecular formula is C21H20N4O2S2. The highest BCUT2D eigenvalue weighted by atomic mass is 32.1. The number of amides is 1. The molecule has 3 heterocycles. The van der Waals surface area contributed by atoms with Crippen LogP contribution >= 0.6 is 22.7 Å². The summed E-state index contributed by atoms with van der Waals surface area (Å²) in [5.41, 5.74) is 4.81. The number of benzene rings is 1. The van der Waals surface area contributed by atoms with E-state index in [1.54, 1.807) is 4.68 Å². The quantitative estimate of drug-likeness (QED) is 0.470. The van der Waals surface area contributed by atoms with Crippen LogP contribution in [-0.4, -0.2) is 20.7 Å². The maximum atomic E-state index is 12.6. The van der Waals surface area contributed by atoms with Crippen molar-refractivity contribution in [3.63, 3.8) is 0 Å². The highest BCUT2D eigenvalue weighted by Crippen LogP contribution is 2.27. The van der Waals surface area contributed by atoms with Gasteiger partial charge in [-0.15, -0.1) is 22.7 Å². The van der Waals surface area contributed by atoms with E-state index < -0.39 is 0 Å². The fourth-order valence-electron chi connectivity index (χ4n) is 2.91. The second kappa shape index (κ2) is 8.18. The van der Waals surface area contributed by atoms with E-state index in [9.17, 15) is 4.79 Å². The lowest BCUT2D eigenvalue weighted by Gasteiger charge is -2.05. The molecule has 0 aliphatic rings. The van der Waals surface area contributed by atoms with Crippen LogP contribution in [0.1, 0.15) is 26.5 Å². The van der Waals surface area contributed by atoms with E-state index in [1.807, 2.05) is 68.2 Å². The first-order valence-corrected chi connectivity index (χ1v) is 10.8. The van der Waals surface area contributed by atoms with Crippen molar-refractivity contribution in [2.45, 2.75) is 20.5 Å². The van der Waals surface area contributed by atoms with Crippen LogP contribution in [0.4, 0.5) is 5.13 Å². The summed E-state index contributed by atoms with van der Waals surface area (Å²) in [6.07, 6.45) is 1.93. The van der Waals surface area contributed by atoms with Gasteiger partial charge in [0.25, 0.3) is 5.91 Å². The van der Waals surface area contributed by atoms with Crippen molar-refractivity contribution in [3.8, 4) is 17.0 Å². The zero-order valence-corrected chi connectivity index (χ0v) is 17.9. The normalized spacial score (nSPS) is 10.9. The van der Waals surface area contributed by atoms with E-state index in [-0.39, 0.29) is 5.91 Å². The zero-order valence-electron chi connectivity index (χ0n) is 16.3. The van der Waals surface area contributed by atoms with Gasteiger partial charge in [-0.2, -0.15) is 5.10 Å². The summed E-state index contributed by atoms with van der Waals surface area (Å²) in [6, 6.07) is 9.77. The van der Waals surface area contributed by atoms with Crippen LogP contribution < -0.4 is 10.1 Å². The molecule has 0 radical (unpaired) electrons. The number of hydrogen-bond donors (Lipinski definition) is 1. The Balaban J connectivity index is 1.39. The van der Waals surface area contributed by atoms with E-state index in [0.717, 1.165) is 33.8 Å². The Morgan fingerprint density at radius 2 is 2.07 bits per heavy atom. The molecule has 0 saturated heterocycles. The van der Waals surface area contributed by atoms with Gasteiger partial charge in [-0.1, -0.05) is 12.1 Å². The number of carbonyl (C=O) groups is 1. The average molecular weight is 425 g/mol. The summed E-state index contributed by atoms with van der Waals surface area (Å²) < 4.78 is 7.56. The molecule has 6 nitrogen and oxygen atoms in total. The number of nitrogens with zero attached hydrogens (tertiary/aromatic N) is 3. The van der Waals surface area contributed by atoms with E-state index in [4.69, 9.17) is 4.74 Å². The minimum absolute atomic E-state index is 0.166. The summed E-state index contributed by atoms with van der Waals surface area (Å²) in [5, 5.41) is 11.7. The largest absolute Gasteiger partial charge is 0.489 e. The van der Waals surface area contributed by atoms with Crippen molar-refractivity contribution in [1.82, 2.24) is 14.8 Å². The number of nitrogens with one attached hydrogen (secondary N) is 1. The van der Waals surface area contributed by atoms with Gasteiger partial charge < -0.3 is 4.74 Å². The van der Waals surface area contributed by atoms with Crippen LogP contribution in [-0.2, 0) is 13.7 Å². The molecule has 0 aliphatic carbocycles. The van der Waals surface area contributed by atoms with Gasteiger partial charge in [0.1, 0.15) is 12.4 Å². The molecule has 0 fully saturated rings. The van der Waals surface area contributed by atoms with Crippen molar-refractivity contribution in [2.24, 2.45) is 7.05 Å². The molecule has 0 atom stereocenters. The molecule has 1 amide bonds. The van der Waals surface area contributed by atoms with Gasteiger partial charge >= 0.3 is 0 Å². The fraction of sp³-hybridized carbons (Fsp3) is 0.190. The first kappa shape index (κ1) is 19.4. The van der Waals surface area contributed by atoms with E-state index in [1.165, 1.54) is 22.7 Å². The number of rotatable bonds is 6. The molecule has 148 valence electrons. The Kier molecular flexibility index (Phi) is 5.46. The van der Waals surface area contributed by atoms with Crippen LogP contribution in [0, 0.1) is 13.8 Å². The minimum Gasteiger partial charge on any atom is -0.489 e. The molecule has 1 N–H and O–H groups in total.